The Morgan fingerprint density at radius 3 is 2.35 bits per heavy atom. The number of carboxylic acid groups (broad SMARTS) is 1. The molecule has 2 atom stereocenters. The number of carbonyl (C=O) groups is 3. The Labute approximate surface area is 117 Å². The molecule has 0 aliphatic carbocycles. The average Bonchev–Trinajstić information content (AvgIpc) is 2.33. The first-order valence-electron chi connectivity index (χ1n) is 6.58. The summed E-state index contributed by atoms with van der Waals surface area (Å²) in [6.07, 6.45) is 3.09. The largest absolute Gasteiger partial charge is 0.480 e. The fraction of sp³-hybridized carbons (Fsp3) is 0.750. The van der Waals surface area contributed by atoms with Crippen molar-refractivity contribution < 1.29 is 24.2 Å². The molecule has 3 N–H and O–H groups in total. The van der Waals surface area contributed by atoms with E-state index in [2.05, 4.69) is 15.5 Å². The molecule has 1 heterocycles. The predicted molar refractivity (Wildman–Crippen MR) is 69.7 cm³/mol. The molecule has 1 aliphatic rings. The number of hydrazine groups is 1. The van der Waals surface area contributed by atoms with Crippen molar-refractivity contribution in [2.45, 2.75) is 45.2 Å². The van der Waals surface area contributed by atoms with Crippen molar-refractivity contribution in [3.63, 3.8) is 0 Å². The lowest BCUT2D eigenvalue weighted by atomic mass is 10.00. The third kappa shape index (κ3) is 5.54. The van der Waals surface area contributed by atoms with Crippen LogP contribution in [0.4, 0.5) is 4.79 Å². The predicted octanol–water partition coefficient (Wildman–Crippen LogP) is 0.0913. The second-order valence-electron chi connectivity index (χ2n) is 4.91. The summed E-state index contributed by atoms with van der Waals surface area (Å²) in [5.41, 5.74) is 2.64. The van der Waals surface area contributed by atoms with E-state index in [1.165, 1.54) is 0 Å². The molecule has 0 spiro atoms. The van der Waals surface area contributed by atoms with Gasteiger partial charge in [-0.25, -0.2) is 14.6 Å². The molecule has 0 saturated carbocycles. The van der Waals surface area contributed by atoms with Gasteiger partial charge in [-0.2, -0.15) is 0 Å². The summed E-state index contributed by atoms with van der Waals surface area (Å²) < 4.78 is 4.58. The van der Waals surface area contributed by atoms with E-state index in [-0.39, 0.29) is 12.1 Å². The molecule has 1 fully saturated rings. The Morgan fingerprint density at radius 1 is 1.20 bits per heavy atom. The third-order valence-corrected chi connectivity index (χ3v) is 3.14. The van der Waals surface area contributed by atoms with Crippen LogP contribution in [0, 0.1) is 0 Å². The number of piperidine rings is 1. The molecule has 0 radical (unpaired) electrons. The Kier molecular flexibility index (Phi) is 6.40. The molecule has 0 aromatic heterocycles. The molecule has 0 bridgehead atoms. The molecule has 8 nitrogen and oxygen atoms in total. The van der Waals surface area contributed by atoms with Gasteiger partial charge in [0.2, 0.25) is 0 Å². The van der Waals surface area contributed by atoms with Crippen LogP contribution in [-0.4, -0.2) is 53.3 Å². The Balaban J connectivity index is 2.31. The van der Waals surface area contributed by atoms with Gasteiger partial charge in [-0.1, -0.05) is 6.42 Å². The first-order valence-corrected chi connectivity index (χ1v) is 6.58. The van der Waals surface area contributed by atoms with Crippen LogP contribution in [0.15, 0.2) is 0 Å². The molecule has 1 aliphatic heterocycles. The number of nitrogens with one attached hydrogen (secondary N) is 2. The summed E-state index contributed by atoms with van der Waals surface area (Å²) in [5.74, 6) is -1.85. The highest BCUT2D eigenvalue weighted by Crippen LogP contribution is 2.19. The van der Waals surface area contributed by atoms with Crippen LogP contribution in [-0.2, 0) is 14.3 Å². The van der Waals surface area contributed by atoms with Crippen LogP contribution in [0.25, 0.3) is 0 Å². The smallest absolute Gasteiger partial charge is 0.336 e. The molecule has 114 valence electrons. The zero-order chi connectivity index (χ0) is 15.1. The molecule has 3 amide bonds. The number of urea groups is 1. The van der Waals surface area contributed by atoms with E-state index in [9.17, 15) is 14.4 Å². The Hall–Kier alpha value is -1.67. The molecule has 1 rings (SSSR count). The van der Waals surface area contributed by atoms with Crippen LogP contribution in [0.5, 0.6) is 0 Å². The summed E-state index contributed by atoms with van der Waals surface area (Å²) >= 11 is 0. The van der Waals surface area contributed by atoms with Gasteiger partial charge in [-0.05, 0) is 26.7 Å². The number of aliphatic carboxylic acids is 1. The number of amides is 3. The molecule has 0 aromatic rings. The minimum Gasteiger partial charge on any atom is -0.480 e. The van der Waals surface area contributed by atoms with Crippen LogP contribution < -0.4 is 10.7 Å². The Morgan fingerprint density at radius 2 is 1.80 bits per heavy atom. The van der Waals surface area contributed by atoms with E-state index >= 15 is 0 Å². The van der Waals surface area contributed by atoms with Crippen molar-refractivity contribution in [2.75, 3.05) is 13.2 Å². The number of nitrogens with zero attached hydrogens (tertiary/aromatic N) is 1. The lowest BCUT2D eigenvalue weighted by molar-refractivity contribution is -0.143. The minimum atomic E-state index is -1.17. The summed E-state index contributed by atoms with van der Waals surface area (Å²) in [4.78, 5) is 33.2. The Bertz CT molecular complexity index is 364. The van der Waals surface area contributed by atoms with E-state index in [1.807, 2.05) is 18.9 Å². The van der Waals surface area contributed by atoms with Gasteiger partial charge >= 0.3 is 12.0 Å². The topological polar surface area (TPSA) is 108 Å². The molecular formula is C12H21N3O5. The van der Waals surface area contributed by atoms with Crippen molar-refractivity contribution in [2.24, 2.45) is 0 Å². The average molecular weight is 287 g/mol. The quantitative estimate of drug-likeness (QED) is 0.661. The lowest BCUT2D eigenvalue weighted by Crippen LogP contribution is -2.57. The second-order valence-corrected chi connectivity index (χ2v) is 4.91. The normalized spacial score (nSPS) is 23.1. The van der Waals surface area contributed by atoms with Crippen LogP contribution in [0.1, 0.15) is 33.1 Å². The summed E-state index contributed by atoms with van der Waals surface area (Å²) in [5, 5.41) is 12.3. The van der Waals surface area contributed by atoms with E-state index in [0.29, 0.717) is 0 Å². The maximum atomic E-state index is 11.7. The van der Waals surface area contributed by atoms with Gasteiger partial charge in [0.25, 0.3) is 5.91 Å². The minimum absolute atomic E-state index is 0.211. The number of carboxylic acids is 1. The number of ether oxygens (including phenoxy) is 1. The number of rotatable bonds is 5. The van der Waals surface area contributed by atoms with E-state index < -0.39 is 31.1 Å². The van der Waals surface area contributed by atoms with Gasteiger partial charge in [0.15, 0.2) is 0 Å². The number of hydrogen-bond acceptors (Lipinski definition) is 5. The molecule has 8 heteroatoms. The van der Waals surface area contributed by atoms with Gasteiger partial charge in [0, 0.05) is 12.1 Å². The highest BCUT2D eigenvalue weighted by molar-refractivity contribution is 5.94. The standard InChI is InChI=1S/C12H21N3O5/c1-8-4-3-5-9(2)15(8)14-12(19)13-10(16)6-20-7-11(17)18/h8-9H,3-7H2,1-2H3,(H,17,18)(H2,13,14,16,19). The highest BCUT2D eigenvalue weighted by atomic mass is 16.5. The molecule has 20 heavy (non-hydrogen) atoms. The van der Waals surface area contributed by atoms with Gasteiger partial charge < -0.3 is 9.84 Å². The van der Waals surface area contributed by atoms with Crippen molar-refractivity contribution in [3.05, 3.63) is 0 Å². The lowest BCUT2D eigenvalue weighted by Gasteiger charge is -2.38. The van der Waals surface area contributed by atoms with Crippen LogP contribution >= 0.6 is 0 Å². The number of carbonyl (C=O) groups excluding carboxylic acids is 2. The van der Waals surface area contributed by atoms with Crippen LogP contribution in [0.3, 0.4) is 0 Å². The van der Waals surface area contributed by atoms with Crippen molar-refractivity contribution in [1.29, 1.82) is 0 Å². The van der Waals surface area contributed by atoms with Gasteiger partial charge in [-0.3, -0.25) is 15.5 Å². The monoisotopic (exact) mass is 287 g/mol. The van der Waals surface area contributed by atoms with Gasteiger partial charge in [-0.15, -0.1) is 0 Å². The van der Waals surface area contributed by atoms with E-state index in [1.54, 1.807) is 0 Å². The molecule has 0 aromatic carbocycles. The second kappa shape index (κ2) is 7.81. The third-order valence-electron chi connectivity index (χ3n) is 3.14. The van der Waals surface area contributed by atoms with E-state index in [4.69, 9.17) is 5.11 Å². The number of hydrogen-bond donors (Lipinski definition) is 3. The van der Waals surface area contributed by atoms with Gasteiger partial charge in [0.05, 0.1) is 0 Å². The highest BCUT2D eigenvalue weighted by Gasteiger charge is 2.26. The van der Waals surface area contributed by atoms with Crippen molar-refractivity contribution in [1.82, 2.24) is 15.8 Å². The first kappa shape index (κ1) is 16.4. The van der Waals surface area contributed by atoms with Crippen molar-refractivity contribution in [3.8, 4) is 0 Å². The summed E-state index contributed by atoms with van der Waals surface area (Å²) in [7, 11) is 0. The fourth-order valence-electron chi connectivity index (χ4n) is 2.18. The zero-order valence-electron chi connectivity index (χ0n) is 11.7. The first-order chi connectivity index (χ1) is 9.40. The summed E-state index contributed by atoms with van der Waals surface area (Å²) in [6.45, 7) is 2.97. The maximum absolute atomic E-state index is 11.7. The maximum Gasteiger partial charge on any atom is 0.336 e. The molecule has 1 saturated heterocycles. The van der Waals surface area contributed by atoms with Crippen molar-refractivity contribution >= 4 is 17.9 Å². The SMILES string of the molecule is CC1CCCC(C)N1NC(=O)NC(=O)COCC(=O)O. The fourth-order valence-corrected chi connectivity index (χ4v) is 2.18. The van der Waals surface area contributed by atoms with E-state index in [0.717, 1.165) is 19.3 Å². The molecule has 2 unspecified atom stereocenters. The van der Waals surface area contributed by atoms with Crippen LogP contribution in [0.2, 0.25) is 0 Å². The number of imide groups is 1. The zero-order valence-corrected chi connectivity index (χ0v) is 11.7. The summed E-state index contributed by atoms with van der Waals surface area (Å²) in [6, 6.07) is -0.208. The van der Waals surface area contributed by atoms with Gasteiger partial charge in [0.1, 0.15) is 13.2 Å². The molecular weight excluding hydrogens is 266 g/mol.